The topological polar surface area (TPSA) is 12.0 Å². The van der Waals surface area contributed by atoms with Crippen molar-refractivity contribution in [2.24, 2.45) is 0 Å². The van der Waals surface area contributed by atoms with Crippen LogP contribution in [-0.4, -0.2) is 18.3 Å². The number of nitrogens with one attached hydrogen (secondary N) is 1. The van der Waals surface area contributed by atoms with Gasteiger partial charge < -0.3 is 5.32 Å². The Hall–Kier alpha value is -0.250. The summed E-state index contributed by atoms with van der Waals surface area (Å²) in [5.41, 5.74) is 0. The molecule has 0 spiro atoms. The van der Waals surface area contributed by atoms with Gasteiger partial charge in [-0.25, -0.2) is 0 Å². The summed E-state index contributed by atoms with van der Waals surface area (Å²) >= 11 is 0. The number of rotatable bonds is 8. The molecule has 1 nitrogen and oxygen atoms in total. The minimum atomic E-state index is -4.07. The molecule has 0 aromatic heterocycles. The molecule has 1 fully saturated rings. The number of hydrogen-bond acceptors (Lipinski definition) is 1. The van der Waals surface area contributed by atoms with E-state index in [2.05, 4.69) is 12.2 Å². The van der Waals surface area contributed by atoms with E-state index in [9.17, 15) is 13.2 Å². The quantitative estimate of drug-likeness (QED) is 0.602. The van der Waals surface area contributed by atoms with E-state index in [1.54, 1.807) is 0 Å². The Bertz CT molecular complexity index is 228. The molecule has 19 heavy (non-hydrogen) atoms. The van der Waals surface area contributed by atoms with Crippen LogP contribution >= 0.6 is 0 Å². The Balaban J connectivity index is 2.06. The molecule has 0 aliphatic carbocycles. The van der Waals surface area contributed by atoms with Gasteiger partial charge in [-0.2, -0.15) is 13.2 Å². The maximum absolute atomic E-state index is 12.6. The molecule has 0 saturated carbocycles. The smallest absolute Gasteiger partial charge is 0.303 e. The standard InChI is InChI=1S/C15H28F3N/c1-2-3-4-5-6-7-8-10-13-11-9-12-14(19-13)15(16,17)18/h13-14,19H,2-12H2,1H3. The number of halogens is 3. The molecule has 2 unspecified atom stereocenters. The van der Waals surface area contributed by atoms with Gasteiger partial charge in [0.05, 0.1) is 0 Å². The molecule has 0 aromatic carbocycles. The average molecular weight is 279 g/mol. The highest BCUT2D eigenvalue weighted by molar-refractivity contribution is 4.84. The van der Waals surface area contributed by atoms with Gasteiger partial charge >= 0.3 is 6.18 Å². The van der Waals surface area contributed by atoms with Crippen molar-refractivity contribution in [3.63, 3.8) is 0 Å². The highest BCUT2D eigenvalue weighted by Gasteiger charge is 2.41. The lowest BCUT2D eigenvalue weighted by atomic mass is 9.94. The molecule has 0 amide bonds. The largest absolute Gasteiger partial charge is 0.403 e. The molecule has 2 atom stereocenters. The Morgan fingerprint density at radius 1 is 0.947 bits per heavy atom. The van der Waals surface area contributed by atoms with Gasteiger partial charge in [-0.05, 0) is 19.3 Å². The molecular weight excluding hydrogens is 251 g/mol. The van der Waals surface area contributed by atoms with Crippen LogP contribution in [0.3, 0.4) is 0 Å². The first-order valence-electron chi connectivity index (χ1n) is 7.86. The lowest BCUT2D eigenvalue weighted by molar-refractivity contribution is -0.163. The lowest BCUT2D eigenvalue weighted by Gasteiger charge is -2.32. The zero-order valence-electron chi connectivity index (χ0n) is 12.1. The van der Waals surface area contributed by atoms with Crippen LogP contribution in [0.5, 0.6) is 0 Å². The molecule has 1 rings (SSSR count). The fourth-order valence-electron chi connectivity index (χ4n) is 2.85. The second-order valence-electron chi connectivity index (χ2n) is 5.80. The van der Waals surface area contributed by atoms with Gasteiger partial charge in [0, 0.05) is 6.04 Å². The summed E-state index contributed by atoms with van der Waals surface area (Å²) in [5.74, 6) is 0. The molecule has 0 bridgehead atoms. The Kier molecular flexibility index (Phi) is 7.81. The van der Waals surface area contributed by atoms with E-state index in [1.165, 1.54) is 38.5 Å². The van der Waals surface area contributed by atoms with E-state index in [4.69, 9.17) is 0 Å². The van der Waals surface area contributed by atoms with Crippen LogP contribution in [0.25, 0.3) is 0 Å². The fraction of sp³-hybridized carbons (Fsp3) is 1.00. The summed E-state index contributed by atoms with van der Waals surface area (Å²) in [6.07, 6.45) is 7.28. The summed E-state index contributed by atoms with van der Waals surface area (Å²) < 4.78 is 37.8. The van der Waals surface area contributed by atoms with Crippen molar-refractivity contribution in [2.75, 3.05) is 0 Å². The summed E-state index contributed by atoms with van der Waals surface area (Å²) in [7, 11) is 0. The van der Waals surface area contributed by atoms with Gasteiger partial charge in [-0.1, -0.05) is 58.3 Å². The van der Waals surface area contributed by atoms with Crippen LogP contribution in [0.15, 0.2) is 0 Å². The molecule has 0 radical (unpaired) electrons. The monoisotopic (exact) mass is 279 g/mol. The SMILES string of the molecule is CCCCCCCCCC1CCCC(C(F)(F)F)N1. The molecule has 1 saturated heterocycles. The molecule has 4 heteroatoms. The van der Waals surface area contributed by atoms with E-state index >= 15 is 0 Å². The van der Waals surface area contributed by atoms with E-state index in [-0.39, 0.29) is 12.5 Å². The maximum Gasteiger partial charge on any atom is 0.403 e. The van der Waals surface area contributed by atoms with Crippen LogP contribution in [0, 0.1) is 0 Å². The van der Waals surface area contributed by atoms with Gasteiger partial charge in [0.25, 0.3) is 0 Å². The average Bonchev–Trinajstić information content (AvgIpc) is 2.37. The Labute approximate surface area is 115 Å². The van der Waals surface area contributed by atoms with E-state index in [0.717, 1.165) is 19.3 Å². The molecule has 1 aliphatic rings. The van der Waals surface area contributed by atoms with E-state index < -0.39 is 12.2 Å². The normalized spacial score (nSPS) is 24.6. The third kappa shape index (κ3) is 7.19. The molecular formula is C15H28F3N. The molecule has 114 valence electrons. The predicted octanol–water partition coefficient (Wildman–Crippen LogP) is 5.20. The predicted molar refractivity (Wildman–Crippen MR) is 73.2 cm³/mol. The first-order valence-corrected chi connectivity index (χ1v) is 7.86. The van der Waals surface area contributed by atoms with Gasteiger partial charge in [0.1, 0.15) is 6.04 Å². The van der Waals surface area contributed by atoms with Crippen molar-refractivity contribution < 1.29 is 13.2 Å². The van der Waals surface area contributed by atoms with Crippen LogP contribution in [0.1, 0.15) is 77.6 Å². The molecule has 1 aliphatic heterocycles. The first-order chi connectivity index (χ1) is 9.04. The first kappa shape index (κ1) is 16.8. The van der Waals surface area contributed by atoms with E-state index in [1.807, 2.05) is 0 Å². The Morgan fingerprint density at radius 2 is 1.58 bits per heavy atom. The zero-order chi connectivity index (χ0) is 14.1. The van der Waals surface area contributed by atoms with Crippen molar-refractivity contribution >= 4 is 0 Å². The van der Waals surface area contributed by atoms with Crippen LogP contribution in [0.4, 0.5) is 13.2 Å². The molecule has 1 N–H and O–H groups in total. The zero-order valence-corrected chi connectivity index (χ0v) is 12.1. The fourth-order valence-corrected chi connectivity index (χ4v) is 2.85. The molecule has 0 aromatic rings. The minimum absolute atomic E-state index is 0.0796. The summed E-state index contributed by atoms with van der Waals surface area (Å²) in [5, 5.41) is 2.78. The van der Waals surface area contributed by atoms with Gasteiger partial charge in [0.2, 0.25) is 0 Å². The summed E-state index contributed by atoms with van der Waals surface area (Å²) in [6.45, 7) is 2.20. The van der Waals surface area contributed by atoms with Gasteiger partial charge in [-0.3, -0.25) is 0 Å². The van der Waals surface area contributed by atoms with Crippen molar-refractivity contribution in [1.29, 1.82) is 0 Å². The molecule has 1 heterocycles. The highest BCUT2D eigenvalue weighted by Crippen LogP contribution is 2.29. The van der Waals surface area contributed by atoms with Crippen LogP contribution in [-0.2, 0) is 0 Å². The number of unbranched alkanes of at least 4 members (excludes halogenated alkanes) is 6. The number of alkyl halides is 3. The lowest BCUT2D eigenvalue weighted by Crippen LogP contribution is -2.50. The maximum atomic E-state index is 12.6. The second-order valence-corrected chi connectivity index (χ2v) is 5.80. The number of piperidine rings is 1. The van der Waals surface area contributed by atoms with E-state index in [0.29, 0.717) is 6.42 Å². The van der Waals surface area contributed by atoms with Crippen molar-refractivity contribution in [1.82, 2.24) is 5.32 Å². The van der Waals surface area contributed by atoms with Crippen LogP contribution in [0.2, 0.25) is 0 Å². The van der Waals surface area contributed by atoms with Gasteiger partial charge in [-0.15, -0.1) is 0 Å². The van der Waals surface area contributed by atoms with Crippen LogP contribution < -0.4 is 5.32 Å². The van der Waals surface area contributed by atoms with Crippen molar-refractivity contribution in [2.45, 2.75) is 95.8 Å². The number of hydrogen-bond donors (Lipinski definition) is 1. The third-order valence-electron chi connectivity index (χ3n) is 4.03. The third-order valence-corrected chi connectivity index (χ3v) is 4.03. The summed E-state index contributed by atoms with van der Waals surface area (Å²) in [6, 6.07) is -1.19. The van der Waals surface area contributed by atoms with Crippen molar-refractivity contribution in [3.8, 4) is 0 Å². The van der Waals surface area contributed by atoms with Gasteiger partial charge in [0.15, 0.2) is 0 Å². The Morgan fingerprint density at radius 3 is 2.21 bits per heavy atom. The van der Waals surface area contributed by atoms with Crippen molar-refractivity contribution in [3.05, 3.63) is 0 Å². The minimum Gasteiger partial charge on any atom is -0.303 e. The summed E-state index contributed by atoms with van der Waals surface area (Å²) in [4.78, 5) is 0. The highest BCUT2D eigenvalue weighted by atomic mass is 19.4. The second kappa shape index (κ2) is 8.83.